The molecule has 0 saturated heterocycles. The molecule has 0 aliphatic carbocycles. The SMILES string of the molecule is COc1cc(NCc2cnc(C)s2)ccn1. The zero-order valence-electron chi connectivity index (χ0n) is 9.23. The Hall–Kier alpha value is -1.62. The average Bonchev–Trinajstić information content (AvgIpc) is 2.73. The number of ether oxygens (including phenoxy) is 1. The Bertz CT molecular complexity index is 470. The van der Waals surface area contributed by atoms with Gasteiger partial charge in [0.25, 0.3) is 0 Å². The lowest BCUT2D eigenvalue weighted by molar-refractivity contribution is 0.398. The van der Waals surface area contributed by atoms with Crippen molar-refractivity contribution in [2.45, 2.75) is 13.5 Å². The quantitative estimate of drug-likeness (QED) is 0.884. The molecular formula is C11H13N3OS. The molecule has 0 aliphatic rings. The minimum atomic E-state index is 0.616. The standard InChI is InChI=1S/C11H13N3OS/c1-8-13-6-10(16-8)7-14-9-3-4-12-11(5-9)15-2/h3-6H,7H2,1-2H3,(H,12,14). The number of aromatic nitrogens is 2. The fraction of sp³-hybridized carbons (Fsp3) is 0.273. The Balaban J connectivity index is 1.99. The normalized spacial score (nSPS) is 10.1. The van der Waals surface area contributed by atoms with E-state index < -0.39 is 0 Å². The topological polar surface area (TPSA) is 47.0 Å². The molecule has 0 spiro atoms. The third kappa shape index (κ3) is 2.70. The lowest BCUT2D eigenvalue weighted by atomic mass is 10.4. The summed E-state index contributed by atoms with van der Waals surface area (Å²) in [4.78, 5) is 9.47. The van der Waals surface area contributed by atoms with Crippen molar-refractivity contribution in [1.82, 2.24) is 9.97 Å². The smallest absolute Gasteiger partial charge is 0.214 e. The second-order valence-electron chi connectivity index (χ2n) is 3.29. The van der Waals surface area contributed by atoms with E-state index in [1.807, 2.05) is 25.3 Å². The van der Waals surface area contributed by atoms with Gasteiger partial charge >= 0.3 is 0 Å². The van der Waals surface area contributed by atoms with Gasteiger partial charge in [-0.2, -0.15) is 0 Å². The molecule has 0 amide bonds. The molecule has 0 saturated carbocycles. The maximum absolute atomic E-state index is 5.05. The Morgan fingerprint density at radius 3 is 3.00 bits per heavy atom. The highest BCUT2D eigenvalue weighted by Crippen LogP contribution is 2.16. The van der Waals surface area contributed by atoms with E-state index in [0.717, 1.165) is 17.2 Å². The molecule has 0 atom stereocenters. The first kappa shape index (κ1) is 10.9. The van der Waals surface area contributed by atoms with Crippen LogP contribution < -0.4 is 10.1 Å². The van der Waals surface area contributed by atoms with Crippen LogP contribution in [-0.2, 0) is 6.54 Å². The van der Waals surface area contributed by atoms with Crippen LogP contribution in [0, 0.1) is 6.92 Å². The molecule has 84 valence electrons. The predicted molar refractivity (Wildman–Crippen MR) is 65.0 cm³/mol. The van der Waals surface area contributed by atoms with Crippen molar-refractivity contribution >= 4 is 17.0 Å². The van der Waals surface area contributed by atoms with Crippen molar-refractivity contribution < 1.29 is 4.74 Å². The molecule has 0 fully saturated rings. The molecule has 0 radical (unpaired) electrons. The van der Waals surface area contributed by atoms with Crippen molar-refractivity contribution in [2.24, 2.45) is 0 Å². The minimum Gasteiger partial charge on any atom is -0.481 e. The van der Waals surface area contributed by atoms with Crippen LogP contribution in [0.15, 0.2) is 24.5 Å². The Morgan fingerprint density at radius 2 is 2.31 bits per heavy atom. The van der Waals surface area contributed by atoms with E-state index in [-0.39, 0.29) is 0 Å². The Kier molecular flexibility index (Phi) is 3.36. The van der Waals surface area contributed by atoms with E-state index in [4.69, 9.17) is 4.74 Å². The summed E-state index contributed by atoms with van der Waals surface area (Å²) in [5, 5.41) is 4.39. The van der Waals surface area contributed by atoms with E-state index >= 15 is 0 Å². The van der Waals surface area contributed by atoms with Crippen molar-refractivity contribution in [3.05, 3.63) is 34.4 Å². The highest BCUT2D eigenvalue weighted by atomic mass is 32.1. The van der Waals surface area contributed by atoms with Crippen LogP contribution in [0.1, 0.15) is 9.88 Å². The van der Waals surface area contributed by atoms with Crippen LogP contribution in [0.25, 0.3) is 0 Å². The van der Waals surface area contributed by atoms with Crippen LogP contribution in [0.4, 0.5) is 5.69 Å². The van der Waals surface area contributed by atoms with Crippen LogP contribution in [0.2, 0.25) is 0 Å². The van der Waals surface area contributed by atoms with Gasteiger partial charge in [-0.25, -0.2) is 9.97 Å². The second-order valence-corrected chi connectivity index (χ2v) is 4.61. The van der Waals surface area contributed by atoms with Gasteiger partial charge < -0.3 is 10.1 Å². The van der Waals surface area contributed by atoms with Gasteiger partial charge in [0, 0.05) is 29.0 Å². The van der Waals surface area contributed by atoms with Gasteiger partial charge in [0.2, 0.25) is 5.88 Å². The molecule has 2 aromatic heterocycles. The number of hydrogen-bond acceptors (Lipinski definition) is 5. The minimum absolute atomic E-state index is 0.616. The predicted octanol–water partition coefficient (Wildman–Crippen LogP) is 2.47. The van der Waals surface area contributed by atoms with Crippen LogP contribution >= 0.6 is 11.3 Å². The van der Waals surface area contributed by atoms with E-state index in [9.17, 15) is 0 Å². The summed E-state index contributed by atoms with van der Waals surface area (Å²) < 4.78 is 5.05. The van der Waals surface area contributed by atoms with Crippen LogP contribution in [0.5, 0.6) is 5.88 Å². The summed E-state index contributed by atoms with van der Waals surface area (Å²) in [6.07, 6.45) is 3.62. The van der Waals surface area contributed by atoms with Gasteiger partial charge in [-0.1, -0.05) is 0 Å². The molecule has 1 N–H and O–H groups in total. The number of nitrogens with zero attached hydrogens (tertiary/aromatic N) is 2. The van der Waals surface area contributed by atoms with Gasteiger partial charge in [-0.05, 0) is 13.0 Å². The summed E-state index contributed by atoms with van der Waals surface area (Å²) in [7, 11) is 1.61. The second kappa shape index (κ2) is 4.94. The van der Waals surface area contributed by atoms with Gasteiger partial charge in [0.15, 0.2) is 0 Å². The summed E-state index contributed by atoms with van der Waals surface area (Å²) in [6, 6.07) is 3.78. The lowest BCUT2D eigenvalue weighted by Crippen LogP contribution is -1.98. The van der Waals surface area contributed by atoms with Gasteiger partial charge in [0.1, 0.15) is 0 Å². The number of hydrogen-bond donors (Lipinski definition) is 1. The molecule has 16 heavy (non-hydrogen) atoms. The first-order chi connectivity index (χ1) is 7.78. The summed E-state index contributed by atoms with van der Waals surface area (Å²) in [5.41, 5.74) is 0.998. The van der Waals surface area contributed by atoms with Crippen LogP contribution in [0.3, 0.4) is 0 Å². The number of pyridine rings is 1. The summed E-state index contributed by atoms with van der Waals surface area (Å²) in [6.45, 7) is 2.78. The number of aryl methyl sites for hydroxylation is 1. The Labute approximate surface area is 98.3 Å². The first-order valence-electron chi connectivity index (χ1n) is 4.93. The van der Waals surface area contributed by atoms with E-state index in [0.29, 0.717) is 5.88 Å². The number of nitrogens with one attached hydrogen (secondary N) is 1. The van der Waals surface area contributed by atoms with Crippen molar-refractivity contribution in [3.63, 3.8) is 0 Å². The molecule has 2 rings (SSSR count). The molecule has 2 heterocycles. The molecule has 0 aliphatic heterocycles. The number of methoxy groups -OCH3 is 1. The molecule has 5 heteroatoms. The Morgan fingerprint density at radius 1 is 1.44 bits per heavy atom. The number of anilines is 1. The fourth-order valence-corrected chi connectivity index (χ4v) is 2.04. The van der Waals surface area contributed by atoms with Crippen molar-refractivity contribution in [3.8, 4) is 5.88 Å². The maximum Gasteiger partial charge on any atom is 0.214 e. The van der Waals surface area contributed by atoms with Crippen molar-refractivity contribution in [2.75, 3.05) is 12.4 Å². The molecule has 0 aromatic carbocycles. The third-order valence-corrected chi connectivity index (χ3v) is 2.99. The largest absolute Gasteiger partial charge is 0.481 e. The van der Waals surface area contributed by atoms with Gasteiger partial charge in [-0.15, -0.1) is 11.3 Å². The lowest BCUT2D eigenvalue weighted by Gasteiger charge is -2.05. The molecule has 0 unspecified atom stereocenters. The van der Waals surface area contributed by atoms with E-state index in [1.54, 1.807) is 24.6 Å². The van der Waals surface area contributed by atoms with Crippen LogP contribution in [-0.4, -0.2) is 17.1 Å². The highest BCUT2D eigenvalue weighted by Gasteiger charge is 1.99. The average molecular weight is 235 g/mol. The first-order valence-corrected chi connectivity index (χ1v) is 5.75. The monoisotopic (exact) mass is 235 g/mol. The molecule has 4 nitrogen and oxygen atoms in total. The van der Waals surface area contributed by atoms with Gasteiger partial charge in [-0.3, -0.25) is 0 Å². The molecular weight excluding hydrogens is 222 g/mol. The summed E-state index contributed by atoms with van der Waals surface area (Å²) >= 11 is 1.70. The van der Waals surface area contributed by atoms with E-state index in [1.165, 1.54) is 4.88 Å². The fourth-order valence-electron chi connectivity index (χ4n) is 1.31. The molecule has 0 bridgehead atoms. The van der Waals surface area contributed by atoms with Gasteiger partial charge in [0.05, 0.1) is 18.7 Å². The zero-order valence-corrected chi connectivity index (χ0v) is 10.0. The number of thiazole rings is 1. The van der Waals surface area contributed by atoms with E-state index in [2.05, 4.69) is 15.3 Å². The number of rotatable bonds is 4. The maximum atomic E-state index is 5.05. The van der Waals surface area contributed by atoms with Crippen molar-refractivity contribution in [1.29, 1.82) is 0 Å². The summed E-state index contributed by atoms with van der Waals surface area (Å²) in [5.74, 6) is 0.616. The zero-order chi connectivity index (χ0) is 11.4. The molecule has 2 aromatic rings. The third-order valence-electron chi connectivity index (χ3n) is 2.08. The highest BCUT2D eigenvalue weighted by molar-refractivity contribution is 7.11.